The molecule has 2 aromatic rings. The van der Waals surface area contributed by atoms with E-state index in [2.05, 4.69) is 52.6 Å². The fraction of sp³-hybridized carbons (Fsp3) is 0.611. The molecule has 0 spiro atoms. The number of nitrogens with one attached hydrogen (secondary N) is 2. The van der Waals surface area contributed by atoms with Gasteiger partial charge in [0.15, 0.2) is 5.96 Å². The standard InChI is InChI=1S/C18H28N6S/c1-5-19-18(20-9-17-21-13(4)11-25-17)22-15-7-6-14-10-24(12(2)3)23-16(14)8-15/h10-12,15H,5-9H2,1-4H3,(H2,19,20,22). The molecular formula is C18H28N6S. The van der Waals surface area contributed by atoms with Crippen LogP contribution in [0.5, 0.6) is 0 Å². The number of nitrogens with zero attached hydrogens (tertiary/aromatic N) is 4. The molecule has 3 rings (SSSR count). The predicted molar refractivity (Wildman–Crippen MR) is 103 cm³/mol. The Labute approximate surface area is 153 Å². The van der Waals surface area contributed by atoms with Gasteiger partial charge in [0.2, 0.25) is 0 Å². The van der Waals surface area contributed by atoms with Crippen molar-refractivity contribution in [3.63, 3.8) is 0 Å². The number of hydrogen-bond donors (Lipinski definition) is 2. The van der Waals surface area contributed by atoms with E-state index in [1.807, 2.05) is 6.92 Å². The summed E-state index contributed by atoms with van der Waals surface area (Å²) in [6.45, 7) is 9.92. The quantitative estimate of drug-likeness (QED) is 0.636. The van der Waals surface area contributed by atoms with Crippen LogP contribution in [-0.4, -0.2) is 33.3 Å². The van der Waals surface area contributed by atoms with Crippen molar-refractivity contribution in [1.82, 2.24) is 25.4 Å². The summed E-state index contributed by atoms with van der Waals surface area (Å²) >= 11 is 1.67. The second-order valence-corrected chi connectivity index (χ2v) is 7.78. The minimum absolute atomic E-state index is 0.374. The minimum atomic E-state index is 0.374. The van der Waals surface area contributed by atoms with Gasteiger partial charge in [-0.2, -0.15) is 5.10 Å². The Kier molecular flexibility index (Phi) is 5.73. The molecule has 1 aliphatic rings. The van der Waals surface area contributed by atoms with Crippen LogP contribution in [0.15, 0.2) is 16.6 Å². The van der Waals surface area contributed by atoms with Crippen molar-refractivity contribution in [3.05, 3.63) is 33.5 Å². The lowest BCUT2D eigenvalue weighted by Gasteiger charge is -2.24. The van der Waals surface area contributed by atoms with E-state index in [1.54, 1.807) is 11.3 Å². The molecule has 0 radical (unpaired) electrons. The number of thiazole rings is 1. The fourth-order valence-electron chi connectivity index (χ4n) is 3.04. The first-order valence-electron chi connectivity index (χ1n) is 9.08. The average Bonchev–Trinajstić information content (AvgIpc) is 3.18. The summed E-state index contributed by atoms with van der Waals surface area (Å²) < 4.78 is 2.08. The number of rotatable bonds is 5. The maximum atomic E-state index is 4.76. The zero-order valence-corrected chi connectivity index (χ0v) is 16.4. The van der Waals surface area contributed by atoms with Gasteiger partial charge in [-0.3, -0.25) is 4.68 Å². The van der Waals surface area contributed by atoms with Crippen molar-refractivity contribution < 1.29 is 0 Å². The number of fused-ring (bicyclic) bond motifs is 1. The SMILES string of the molecule is CCNC(=NCc1nc(C)cs1)NC1CCc2cn(C(C)C)nc2C1. The Bertz CT molecular complexity index is 730. The Morgan fingerprint density at radius 3 is 3.00 bits per heavy atom. The summed E-state index contributed by atoms with van der Waals surface area (Å²) in [5.41, 5.74) is 3.68. The molecule has 0 aromatic carbocycles. The lowest BCUT2D eigenvalue weighted by atomic mass is 9.94. The van der Waals surface area contributed by atoms with Gasteiger partial charge < -0.3 is 10.6 Å². The highest BCUT2D eigenvalue weighted by Crippen LogP contribution is 2.21. The van der Waals surface area contributed by atoms with Gasteiger partial charge in [0.25, 0.3) is 0 Å². The molecule has 0 bridgehead atoms. The number of aliphatic imine (C=N–C) groups is 1. The van der Waals surface area contributed by atoms with Crippen LogP contribution in [0, 0.1) is 6.92 Å². The summed E-state index contributed by atoms with van der Waals surface area (Å²) in [5, 5.41) is 14.8. The van der Waals surface area contributed by atoms with Crippen molar-refractivity contribution in [2.75, 3.05) is 6.54 Å². The van der Waals surface area contributed by atoms with Gasteiger partial charge in [-0.25, -0.2) is 9.98 Å². The maximum Gasteiger partial charge on any atom is 0.191 e. The fourth-order valence-corrected chi connectivity index (χ4v) is 3.73. The molecule has 7 heteroatoms. The molecule has 1 atom stereocenters. The number of aromatic nitrogens is 3. The summed E-state index contributed by atoms with van der Waals surface area (Å²) in [5.74, 6) is 0.868. The van der Waals surface area contributed by atoms with Crippen LogP contribution in [-0.2, 0) is 19.4 Å². The van der Waals surface area contributed by atoms with E-state index in [9.17, 15) is 0 Å². The van der Waals surface area contributed by atoms with Crippen molar-refractivity contribution in [3.8, 4) is 0 Å². The first-order valence-corrected chi connectivity index (χ1v) is 9.96. The highest BCUT2D eigenvalue weighted by Gasteiger charge is 2.23. The van der Waals surface area contributed by atoms with Gasteiger partial charge in [-0.05, 0) is 46.1 Å². The second kappa shape index (κ2) is 7.99. The molecule has 2 heterocycles. The summed E-state index contributed by atoms with van der Waals surface area (Å²) in [4.78, 5) is 9.18. The van der Waals surface area contributed by atoms with Crippen LogP contribution in [0.3, 0.4) is 0 Å². The van der Waals surface area contributed by atoms with Gasteiger partial charge in [0, 0.05) is 42.3 Å². The lowest BCUT2D eigenvalue weighted by Crippen LogP contribution is -2.45. The van der Waals surface area contributed by atoms with Crippen LogP contribution in [0.25, 0.3) is 0 Å². The lowest BCUT2D eigenvalue weighted by molar-refractivity contribution is 0.499. The van der Waals surface area contributed by atoms with E-state index < -0.39 is 0 Å². The van der Waals surface area contributed by atoms with Crippen molar-refractivity contribution >= 4 is 17.3 Å². The van der Waals surface area contributed by atoms with Crippen LogP contribution < -0.4 is 10.6 Å². The van der Waals surface area contributed by atoms with Crippen LogP contribution >= 0.6 is 11.3 Å². The van der Waals surface area contributed by atoms with Gasteiger partial charge in [0.05, 0.1) is 12.2 Å². The molecular weight excluding hydrogens is 332 g/mol. The van der Waals surface area contributed by atoms with Crippen LogP contribution in [0.2, 0.25) is 0 Å². The van der Waals surface area contributed by atoms with E-state index in [4.69, 9.17) is 10.1 Å². The molecule has 0 saturated heterocycles. The largest absolute Gasteiger partial charge is 0.357 e. The first kappa shape index (κ1) is 17.9. The molecule has 136 valence electrons. The van der Waals surface area contributed by atoms with Gasteiger partial charge in [-0.1, -0.05) is 0 Å². The molecule has 0 amide bonds. The third kappa shape index (κ3) is 4.60. The monoisotopic (exact) mass is 360 g/mol. The van der Waals surface area contributed by atoms with Gasteiger partial charge in [-0.15, -0.1) is 11.3 Å². The normalized spacial score (nSPS) is 17.6. The highest BCUT2D eigenvalue weighted by atomic mass is 32.1. The van der Waals surface area contributed by atoms with E-state index in [0.717, 1.165) is 42.5 Å². The Hall–Kier alpha value is -1.89. The highest BCUT2D eigenvalue weighted by molar-refractivity contribution is 7.09. The molecule has 2 aromatic heterocycles. The molecule has 6 nitrogen and oxygen atoms in total. The summed E-state index contributed by atoms with van der Waals surface area (Å²) in [7, 11) is 0. The molecule has 1 unspecified atom stereocenters. The van der Waals surface area contributed by atoms with Crippen LogP contribution in [0.1, 0.15) is 55.2 Å². The summed E-state index contributed by atoms with van der Waals surface area (Å²) in [6, 6.07) is 0.788. The molecule has 0 aliphatic heterocycles. The second-order valence-electron chi connectivity index (χ2n) is 6.84. The minimum Gasteiger partial charge on any atom is -0.357 e. The predicted octanol–water partition coefficient (Wildman–Crippen LogP) is 2.84. The Morgan fingerprint density at radius 1 is 1.48 bits per heavy atom. The molecule has 2 N–H and O–H groups in total. The number of aryl methyl sites for hydroxylation is 2. The Morgan fingerprint density at radius 2 is 2.32 bits per heavy atom. The number of guanidine groups is 1. The van der Waals surface area contributed by atoms with E-state index in [1.165, 1.54) is 11.3 Å². The summed E-state index contributed by atoms with van der Waals surface area (Å²) in [6.07, 6.45) is 5.35. The maximum absolute atomic E-state index is 4.76. The first-order chi connectivity index (χ1) is 12.0. The van der Waals surface area contributed by atoms with Crippen molar-refractivity contribution in [1.29, 1.82) is 0 Å². The molecule has 25 heavy (non-hydrogen) atoms. The molecule has 0 fully saturated rings. The van der Waals surface area contributed by atoms with Gasteiger partial charge >= 0.3 is 0 Å². The van der Waals surface area contributed by atoms with Crippen LogP contribution in [0.4, 0.5) is 0 Å². The average molecular weight is 361 g/mol. The van der Waals surface area contributed by atoms with Gasteiger partial charge in [0.1, 0.15) is 5.01 Å². The third-order valence-corrected chi connectivity index (χ3v) is 5.30. The van der Waals surface area contributed by atoms with Crippen molar-refractivity contribution in [2.24, 2.45) is 4.99 Å². The molecule has 1 aliphatic carbocycles. The smallest absolute Gasteiger partial charge is 0.191 e. The number of hydrogen-bond acceptors (Lipinski definition) is 4. The third-order valence-electron chi connectivity index (χ3n) is 4.35. The Balaban J connectivity index is 1.64. The van der Waals surface area contributed by atoms with E-state index >= 15 is 0 Å². The zero-order valence-electron chi connectivity index (χ0n) is 15.5. The van der Waals surface area contributed by atoms with E-state index in [0.29, 0.717) is 18.6 Å². The zero-order chi connectivity index (χ0) is 17.8. The topological polar surface area (TPSA) is 67.1 Å². The van der Waals surface area contributed by atoms with E-state index in [-0.39, 0.29) is 0 Å². The molecule has 0 saturated carbocycles. The van der Waals surface area contributed by atoms with Crippen molar-refractivity contribution in [2.45, 2.75) is 65.6 Å².